The Morgan fingerprint density at radius 3 is 2.59 bits per heavy atom. The number of piperidine rings is 2. The Labute approximate surface area is 198 Å². The average molecular weight is 466 g/mol. The third-order valence-electron chi connectivity index (χ3n) is 6.49. The fraction of sp³-hybridized carbons (Fsp3) is 0.500. The van der Waals surface area contributed by atoms with Crippen LogP contribution in [0.3, 0.4) is 0 Å². The Bertz CT molecular complexity index is 1150. The zero-order valence-electron chi connectivity index (χ0n) is 19.2. The number of aliphatic hydroxyl groups is 1. The number of aliphatic hydroxyl groups excluding tert-OH is 1. The molecule has 2 aliphatic heterocycles. The van der Waals surface area contributed by atoms with Crippen molar-refractivity contribution in [1.82, 2.24) is 25.1 Å². The quantitative estimate of drug-likeness (QED) is 0.483. The summed E-state index contributed by atoms with van der Waals surface area (Å²) in [7, 11) is 0. The number of nitrogens with one attached hydrogen (secondary N) is 2. The van der Waals surface area contributed by atoms with E-state index in [1.165, 1.54) is 6.42 Å². The van der Waals surface area contributed by atoms with Crippen LogP contribution in [0.2, 0.25) is 0 Å². The summed E-state index contributed by atoms with van der Waals surface area (Å²) in [5, 5.41) is 19.7. The van der Waals surface area contributed by atoms with E-state index >= 15 is 0 Å². The van der Waals surface area contributed by atoms with Gasteiger partial charge in [0, 0.05) is 38.4 Å². The van der Waals surface area contributed by atoms with E-state index in [2.05, 4.69) is 30.3 Å². The Balaban J connectivity index is 1.28. The number of aromatic amines is 1. The van der Waals surface area contributed by atoms with Gasteiger partial charge in [0.15, 0.2) is 0 Å². The number of likely N-dealkylation sites (tertiary alicyclic amines) is 1. The van der Waals surface area contributed by atoms with Crippen LogP contribution < -0.4 is 20.5 Å². The lowest BCUT2D eigenvalue weighted by Gasteiger charge is -2.29. The van der Waals surface area contributed by atoms with E-state index < -0.39 is 0 Å². The van der Waals surface area contributed by atoms with Crippen molar-refractivity contribution >= 4 is 28.4 Å². The second-order valence-electron chi connectivity index (χ2n) is 8.95. The van der Waals surface area contributed by atoms with Gasteiger partial charge in [-0.1, -0.05) is 0 Å². The van der Waals surface area contributed by atoms with Crippen LogP contribution in [0, 0.1) is 0 Å². The molecule has 0 atom stereocenters. The maximum Gasteiger partial charge on any atom is 0.277 e. The molecule has 0 unspecified atom stereocenters. The summed E-state index contributed by atoms with van der Waals surface area (Å²) in [6.07, 6.45) is 6.50. The molecule has 0 saturated carbocycles. The zero-order valence-corrected chi connectivity index (χ0v) is 19.2. The molecule has 2 aromatic heterocycles. The van der Waals surface area contributed by atoms with Crippen LogP contribution in [0.1, 0.15) is 32.1 Å². The van der Waals surface area contributed by atoms with Crippen LogP contribution in [-0.2, 0) is 0 Å². The maximum absolute atomic E-state index is 12.5. The summed E-state index contributed by atoms with van der Waals surface area (Å²) in [5.74, 6) is 1.87. The van der Waals surface area contributed by atoms with Gasteiger partial charge in [-0.15, -0.1) is 0 Å². The highest BCUT2D eigenvalue weighted by Crippen LogP contribution is 2.26. The number of aromatic nitrogens is 4. The maximum atomic E-state index is 12.5. The van der Waals surface area contributed by atoms with Gasteiger partial charge in [0.1, 0.15) is 29.1 Å². The number of hydrogen-bond donors (Lipinski definition) is 3. The smallest absolute Gasteiger partial charge is 0.277 e. The first-order chi connectivity index (χ1) is 16.7. The first-order valence-corrected chi connectivity index (χ1v) is 12.1. The van der Waals surface area contributed by atoms with Crippen molar-refractivity contribution in [2.24, 2.45) is 0 Å². The van der Waals surface area contributed by atoms with Crippen LogP contribution in [0.4, 0.5) is 17.5 Å². The Morgan fingerprint density at radius 2 is 1.82 bits per heavy atom. The summed E-state index contributed by atoms with van der Waals surface area (Å²) >= 11 is 0. The molecule has 180 valence electrons. The van der Waals surface area contributed by atoms with Gasteiger partial charge in [0.25, 0.3) is 5.56 Å². The topological polar surface area (TPSA) is 120 Å². The minimum absolute atomic E-state index is 0.160. The summed E-state index contributed by atoms with van der Waals surface area (Å²) in [5.41, 5.74) is 1.00. The summed E-state index contributed by atoms with van der Waals surface area (Å²) in [6.45, 7) is 5.08. The van der Waals surface area contributed by atoms with Crippen molar-refractivity contribution in [3.05, 3.63) is 40.8 Å². The van der Waals surface area contributed by atoms with Crippen LogP contribution in [0.15, 0.2) is 35.3 Å². The molecule has 0 aliphatic carbocycles. The van der Waals surface area contributed by atoms with Crippen molar-refractivity contribution in [2.75, 3.05) is 49.5 Å². The van der Waals surface area contributed by atoms with Crippen LogP contribution in [0.25, 0.3) is 10.9 Å². The monoisotopic (exact) mass is 465 g/mol. The third-order valence-corrected chi connectivity index (χ3v) is 6.49. The zero-order chi connectivity index (χ0) is 23.3. The van der Waals surface area contributed by atoms with Gasteiger partial charge >= 0.3 is 0 Å². The number of fused-ring (bicyclic) bond motifs is 1. The van der Waals surface area contributed by atoms with E-state index in [0.29, 0.717) is 29.3 Å². The predicted octanol–water partition coefficient (Wildman–Crippen LogP) is 2.28. The molecule has 34 heavy (non-hydrogen) atoms. The number of anilines is 3. The predicted molar refractivity (Wildman–Crippen MR) is 131 cm³/mol. The standard InChI is InChI=1S/C24H31N7O3/c32-18-8-12-30(13-9-18)14-15-34-19-6-4-17(5-7-19)26-22-21-20(16-25-29-23(21)33)27-24(28-22)31-10-2-1-3-11-31/h4-7,16,18,32H,1-3,8-15H2,(H,29,33)(H,26,27,28). The van der Waals surface area contributed by atoms with Gasteiger partial charge in [0.2, 0.25) is 5.95 Å². The van der Waals surface area contributed by atoms with Crippen molar-refractivity contribution < 1.29 is 9.84 Å². The van der Waals surface area contributed by atoms with Gasteiger partial charge in [-0.05, 0) is 56.4 Å². The van der Waals surface area contributed by atoms with Crippen molar-refractivity contribution in [2.45, 2.75) is 38.2 Å². The second-order valence-corrected chi connectivity index (χ2v) is 8.95. The van der Waals surface area contributed by atoms with Gasteiger partial charge in [0.05, 0.1) is 12.3 Å². The molecule has 0 radical (unpaired) electrons. The van der Waals surface area contributed by atoms with E-state index in [1.54, 1.807) is 6.20 Å². The Hall–Kier alpha value is -3.24. The van der Waals surface area contributed by atoms with Gasteiger partial charge in [-0.25, -0.2) is 10.1 Å². The third kappa shape index (κ3) is 5.28. The molecular formula is C24H31N7O3. The molecule has 0 bridgehead atoms. The Morgan fingerprint density at radius 1 is 1.06 bits per heavy atom. The lowest BCUT2D eigenvalue weighted by molar-refractivity contribution is 0.0755. The van der Waals surface area contributed by atoms with Crippen molar-refractivity contribution in [3.63, 3.8) is 0 Å². The number of hydrogen-bond acceptors (Lipinski definition) is 9. The minimum atomic E-state index is -0.324. The molecule has 0 spiro atoms. The molecule has 10 heteroatoms. The lowest BCUT2D eigenvalue weighted by Crippen LogP contribution is -2.38. The van der Waals surface area contributed by atoms with Crippen LogP contribution in [0.5, 0.6) is 5.75 Å². The first kappa shape index (κ1) is 22.5. The van der Waals surface area contributed by atoms with Crippen LogP contribution in [-0.4, -0.2) is 75.6 Å². The molecular weight excluding hydrogens is 434 g/mol. The second kappa shape index (κ2) is 10.4. The highest BCUT2D eigenvalue weighted by molar-refractivity contribution is 5.90. The fourth-order valence-electron chi connectivity index (χ4n) is 4.52. The van der Waals surface area contributed by atoms with E-state index in [4.69, 9.17) is 9.72 Å². The lowest BCUT2D eigenvalue weighted by atomic mass is 10.1. The number of rotatable bonds is 7. The summed E-state index contributed by atoms with van der Waals surface area (Å²) < 4.78 is 5.90. The number of benzene rings is 1. The molecule has 2 fully saturated rings. The number of nitrogens with zero attached hydrogens (tertiary/aromatic N) is 5. The molecule has 3 aromatic rings. The minimum Gasteiger partial charge on any atom is -0.492 e. The van der Waals surface area contributed by atoms with E-state index in [9.17, 15) is 9.90 Å². The van der Waals surface area contributed by atoms with E-state index in [0.717, 1.165) is 69.8 Å². The fourth-order valence-corrected chi connectivity index (χ4v) is 4.52. The highest BCUT2D eigenvalue weighted by atomic mass is 16.5. The average Bonchev–Trinajstić information content (AvgIpc) is 2.87. The highest BCUT2D eigenvalue weighted by Gasteiger charge is 2.19. The molecule has 4 heterocycles. The van der Waals surface area contributed by atoms with Gasteiger partial charge in [-0.2, -0.15) is 10.1 Å². The van der Waals surface area contributed by atoms with Gasteiger partial charge < -0.3 is 20.1 Å². The van der Waals surface area contributed by atoms with Crippen molar-refractivity contribution in [1.29, 1.82) is 0 Å². The largest absolute Gasteiger partial charge is 0.492 e. The molecule has 10 nitrogen and oxygen atoms in total. The molecule has 3 N–H and O–H groups in total. The first-order valence-electron chi connectivity index (χ1n) is 12.1. The van der Waals surface area contributed by atoms with Crippen molar-refractivity contribution in [3.8, 4) is 5.75 Å². The number of H-pyrrole nitrogens is 1. The van der Waals surface area contributed by atoms with E-state index in [-0.39, 0.29) is 11.7 Å². The SMILES string of the molecule is O=c1[nH]ncc2nc(N3CCCCC3)nc(Nc3ccc(OCCN4CCC(O)CC4)cc3)c12. The molecule has 1 aromatic carbocycles. The molecule has 2 saturated heterocycles. The Kier molecular flexibility index (Phi) is 6.87. The molecule has 2 aliphatic rings. The van der Waals surface area contributed by atoms with Crippen LogP contribution >= 0.6 is 0 Å². The molecule has 0 amide bonds. The van der Waals surface area contributed by atoms with E-state index in [1.807, 2.05) is 24.3 Å². The summed E-state index contributed by atoms with van der Waals surface area (Å²) in [4.78, 5) is 26.3. The molecule has 5 rings (SSSR count). The van der Waals surface area contributed by atoms with Gasteiger partial charge in [-0.3, -0.25) is 9.69 Å². The summed E-state index contributed by atoms with van der Waals surface area (Å²) in [6, 6.07) is 7.64. The normalized spacial score (nSPS) is 17.7. The number of ether oxygens (including phenoxy) is 1.